The number of fused-ring (bicyclic) bond motifs is 1. The van der Waals surface area contributed by atoms with Gasteiger partial charge in [-0.2, -0.15) is 0 Å². The number of hydrogen-bond donors (Lipinski definition) is 3. The average Bonchev–Trinajstić information content (AvgIpc) is 0.728. The van der Waals surface area contributed by atoms with Gasteiger partial charge in [-0.3, -0.25) is 38.4 Å². The number of esters is 8. The largest absolute Gasteiger partial charge is 0.508 e. The van der Waals surface area contributed by atoms with Crippen LogP contribution in [-0.4, -0.2) is 283 Å². The van der Waals surface area contributed by atoms with Crippen LogP contribution in [0.4, 0.5) is 9.59 Å². The van der Waals surface area contributed by atoms with Gasteiger partial charge in [0.05, 0.1) is 65.1 Å². The maximum absolute atomic E-state index is 16.2. The van der Waals surface area contributed by atoms with Crippen LogP contribution in [0.2, 0.25) is 35.8 Å². The molecule has 2 aromatic carbocycles. The minimum absolute atomic E-state index is 0.0434. The molecule has 6 aliphatic heterocycles. The lowest BCUT2D eigenvalue weighted by atomic mass is 9.85. The fraction of sp³-hybridized carbons (Fsp3) is 0.704. The fourth-order valence-electron chi connectivity index (χ4n) is 15.8. The normalized spacial score (nSPS) is 29.3. The van der Waals surface area contributed by atoms with E-state index < -0.39 is 292 Å². The number of benzene rings is 2. The summed E-state index contributed by atoms with van der Waals surface area (Å²) < 4.78 is 144. The molecule has 127 heavy (non-hydrogen) atoms. The van der Waals surface area contributed by atoms with E-state index in [1.807, 2.05) is 41.5 Å². The van der Waals surface area contributed by atoms with E-state index in [-0.39, 0.29) is 26.4 Å². The van der Waals surface area contributed by atoms with Gasteiger partial charge in [0.25, 0.3) is 11.6 Å². The fourth-order valence-corrected chi connectivity index (χ4v) is 21.9. The summed E-state index contributed by atoms with van der Waals surface area (Å²) in [7, 11) is -4.94. The van der Waals surface area contributed by atoms with Crippen LogP contribution < -0.4 is 16.0 Å². The Labute approximate surface area is 767 Å². The van der Waals surface area contributed by atoms with Gasteiger partial charge in [-0.25, -0.2) is 19.2 Å². The van der Waals surface area contributed by atoms with Gasteiger partial charge in [0.2, 0.25) is 19.4 Å². The highest BCUT2D eigenvalue weighted by Crippen LogP contribution is 2.56. The highest BCUT2D eigenvalue weighted by molar-refractivity contribution is 6.76. The molecule has 3 N–H and O–H groups in total. The lowest BCUT2D eigenvalue weighted by Crippen LogP contribution is -2.75. The second-order valence-electron chi connectivity index (χ2n) is 34.3. The molecule has 0 aromatic heterocycles. The minimum Gasteiger partial charge on any atom is -0.466 e. The first kappa shape index (κ1) is 106. The van der Waals surface area contributed by atoms with Crippen molar-refractivity contribution < 1.29 is 166 Å². The van der Waals surface area contributed by atoms with Gasteiger partial charge < -0.3 is 124 Å². The molecule has 8 rings (SSSR count). The molecule has 2 unspecified atom stereocenters. The number of hydrogen-bond acceptors (Lipinski definition) is 35. The summed E-state index contributed by atoms with van der Waals surface area (Å²) in [4.78, 5) is 168. The van der Waals surface area contributed by atoms with E-state index in [4.69, 9.17) is 178 Å². The predicted octanol–water partition coefficient (Wildman–Crippen LogP) is 8.88. The first-order chi connectivity index (χ1) is 59.1. The van der Waals surface area contributed by atoms with Crippen molar-refractivity contribution in [2.45, 2.75) is 307 Å². The van der Waals surface area contributed by atoms with E-state index >= 15 is 9.59 Å². The Morgan fingerprint density at radius 3 is 1.68 bits per heavy atom. The lowest BCUT2D eigenvalue weighted by molar-refractivity contribution is -0.396. The molecule has 0 bridgehead atoms. The van der Waals surface area contributed by atoms with E-state index in [1.54, 1.807) is 60.7 Å². The van der Waals surface area contributed by atoms with Crippen molar-refractivity contribution in [1.82, 2.24) is 16.0 Å². The SMILES string of the molecule is COC(=O)[C@@]1(O[C@H]2[C@@H](O[C@H]3O[C@@H]4CO[Si](C(C)(C)C)(C(C)(C)C)O[C@@H]4[C@H](OC(=O)OCC(Cl)(Cl)Cl)[C@H]3NC(=O)OCC(Cl)(Cl)Cl)[C@@H](COCc3ccccc3)O[C@@H](OCC[Si](C)(C)C)[C@@H]2OCc2ccccc2)C[C@H](OC(C)=O)[C@@H](NC(C)=O)C([C@@H](OC(C)=O)[C@H]2COC(=O)[C@]3(C[C@H](OC(C)=O)[C@@H](NC(C)=O)C([C@H](OC(C)=O)[C@@H](CCOC(C)=O)OC(C)=O)O3)O2)O1. The molecule has 2 aromatic rings. The highest BCUT2D eigenvalue weighted by Gasteiger charge is 2.70. The van der Waals surface area contributed by atoms with Crippen LogP contribution in [0.5, 0.6) is 0 Å². The van der Waals surface area contributed by atoms with Crippen molar-refractivity contribution >= 4 is 158 Å². The number of nitrogens with one attached hydrogen (secondary N) is 3. The second kappa shape index (κ2) is 45.2. The maximum Gasteiger partial charge on any atom is 0.508 e. The topological polar surface area (TPSA) is 453 Å². The third-order valence-electron chi connectivity index (χ3n) is 20.6. The van der Waals surface area contributed by atoms with Crippen molar-refractivity contribution in [2.75, 3.05) is 53.4 Å². The van der Waals surface area contributed by atoms with Gasteiger partial charge in [-0.15, -0.1) is 0 Å². The molecule has 0 radical (unpaired) electrons. The van der Waals surface area contributed by atoms with E-state index in [9.17, 15) is 47.9 Å². The van der Waals surface area contributed by atoms with Gasteiger partial charge in [-0.1, -0.05) is 191 Å². The number of alkyl carbamates (subject to hydrolysis) is 1. The van der Waals surface area contributed by atoms with E-state index in [0.29, 0.717) is 17.2 Å². The molecule has 0 saturated carbocycles. The third-order valence-corrected chi connectivity index (χ3v) is 28.1. The summed E-state index contributed by atoms with van der Waals surface area (Å²) in [6.45, 7) is 20.8. The van der Waals surface area contributed by atoms with Gasteiger partial charge in [0.1, 0.15) is 99.1 Å². The van der Waals surface area contributed by atoms with Crippen LogP contribution in [0.1, 0.15) is 127 Å². The van der Waals surface area contributed by atoms with Crippen LogP contribution in [-0.2, 0) is 169 Å². The average molecular weight is 1960 g/mol. The number of alkyl halides is 6. The Hall–Kier alpha value is -6.63. The quantitative estimate of drug-likeness (QED) is 0.0255. The molecule has 6 saturated heterocycles. The number of halogens is 6. The summed E-state index contributed by atoms with van der Waals surface area (Å²) in [5, 5.41) is 6.34. The zero-order chi connectivity index (χ0) is 94.3. The summed E-state index contributed by atoms with van der Waals surface area (Å²) in [6, 6.07) is 12.4. The van der Waals surface area contributed by atoms with Crippen molar-refractivity contribution in [3.05, 3.63) is 71.8 Å². The lowest BCUT2D eigenvalue weighted by Gasteiger charge is -2.58. The van der Waals surface area contributed by atoms with Crippen LogP contribution >= 0.6 is 69.6 Å². The number of methoxy groups -OCH3 is 1. The van der Waals surface area contributed by atoms with Crippen LogP contribution in [0.25, 0.3) is 0 Å². The Bertz CT molecular complexity index is 4110. The molecule has 6 fully saturated rings. The van der Waals surface area contributed by atoms with E-state index in [0.717, 1.165) is 62.5 Å². The molecule has 0 aliphatic carbocycles. The summed E-state index contributed by atoms with van der Waals surface area (Å²) in [6.07, 6.45) is -37.4. The van der Waals surface area contributed by atoms with Gasteiger partial charge in [0, 0.05) is 86.6 Å². The van der Waals surface area contributed by atoms with Gasteiger partial charge in [-0.05, 0) is 17.2 Å². The zero-order valence-electron chi connectivity index (χ0n) is 73.6. The number of amides is 3. The standard InChI is InChI=1S/C81H113Cl6N3O35Si2/c1-42(91)88-58-54(114-47(6)96)34-79(123-66(58)61(115-48(7)97)52(112-45(4)94)29-30-105-44(3)93)73(100)108-38-57(121-79)63(116-49(8)98)67-59(89-43(2)92)53(113-46(5)95)33-78(122-67,72(99)103-15)124-68-62(55(37-104-35-50-25-21-19-22-26-50)118-71(106-31-32-126(16,17)18)69(68)107-36-51-27-23-20-24-28-51)119-70-60(90-74(101)109-40-80(82,83)84)65(120-75(102)110-41-81(85,86)87)64-56(117-70)39-111-127(125-64,76(9,10)11)77(12,13)14/h19-28,52-71H,29-41H2,1-18H3,(H,88,91)(H,89,92)(H,90,101)/t52-,53+,54+,55-,56-,57-,58-,59-,60-,61-,62+,63+,64+,65-,66?,67?,68+,69-,70-,71-,78+,79-/m1/s1. The third kappa shape index (κ3) is 29.7. The molecular weight excluding hydrogens is 1840 g/mol. The smallest absolute Gasteiger partial charge is 0.466 e. The summed E-state index contributed by atoms with van der Waals surface area (Å²) in [5.41, 5.74) is 1.15. The minimum atomic E-state index is -3.76. The van der Waals surface area contributed by atoms with E-state index in [2.05, 4.69) is 35.6 Å². The predicted molar refractivity (Wildman–Crippen MR) is 450 cm³/mol. The number of carbonyl (C=O) groups is 12. The maximum atomic E-state index is 16.2. The first-order valence-corrected chi connectivity index (χ1v) is 48.5. The molecule has 712 valence electrons. The molecule has 6 aliphatic rings. The van der Waals surface area contributed by atoms with Crippen molar-refractivity contribution in [3.63, 3.8) is 0 Å². The molecular formula is C81H113Cl6N3O35Si2. The Morgan fingerprint density at radius 1 is 0.575 bits per heavy atom. The number of cyclic esters (lactones) is 1. The zero-order valence-corrected chi connectivity index (χ0v) is 80.1. The first-order valence-electron chi connectivity index (χ1n) is 40.7. The molecule has 1 spiro atoms. The van der Waals surface area contributed by atoms with E-state index in [1.165, 1.54) is 0 Å². The molecule has 38 nitrogen and oxygen atoms in total. The molecule has 6 heterocycles. The monoisotopic (exact) mass is 1950 g/mol. The van der Waals surface area contributed by atoms with Crippen LogP contribution in [0.3, 0.4) is 0 Å². The van der Waals surface area contributed by atoms with Crippen molar-refractivity contribution in [1.29, 1.82) is 0 Å². The van der Waals surface area contributed by atoms with Crippen molar-refractivity contribution in [2.24, 2.45) is 0 Å². The number of rotatable bonds is 34. The second-order valence-corrected chi connectivity index (χ2v) is 49.7. The molecule has 46 heteroatoms. The Morgan fingerprint density at radius 2 is 1.14 bits per heavy atom. The van der Waals surface area contributed by atoms with Crippen LogP contribution in [0, 0.1) is 0 Å². The Balaban J connectivity index is 1.42. The van der Waals surface area contributed by atoms with Crippen LogP contribution in [0.15, 0.2) is 60.7 Å². The summed E-state index contributed by atoms with van der Waals surface area (Å²) in [5.74, 6) is -17.1. The number of ether oxygens (including phenoxy) is 21. The Kier molecular flexibility index (Phi) is 37.6. The van der Waals surface area contributed by atoms with Crippen molar-refractivity contribution in [3.8, 4) is 0 Å². The van der Waals surface area contributed by atoms with Gasteiger partial charge in [0.15, 0.2) is 30.9 Å². The summed E-state index contributed by atoms with van der Waals surface area (Å²) >= 11 is 37.1. The number of carbonyl (C=O) groups excluding carboxylic acids is 12. The molecule has 3 amide bonds. The highest BCUT2D eigenvalue weighted by atomic mass is 35.6. The molecule has 22 atom stereocenters. The van der Waals surface area contributed by atoms with Gasteiger partial charge >= 0.3 is 68.6 Å².